The molecule has 0 atom stereocenters. The zero-order chi connectivity index (χ0) is 13.2. The smallest absolute Gasteiger partial charge is 0.252 e. The Labute approximate surface area is 109 Å². The number of carbonyl (C=O) groups excluding carboxylic acids is 1. The van der Waals surface area contributed by atoms with Gasteiger partial charge >= 0.3 is 0 Å². The van der Waals surface area contributed by atoms with Gasteiger partial charge in [-0.25, -0.2) is 4.90 Å². The third-order valence-electron chi connectivity index (χ3n) is 2.62. The number of anilines is 1. The molecule has 3 nitrogen and oxygen atoms in total. The predicted molar refractivity (Wildman–Crippen MR) is 76.8 cm³/mol. The maximum absolute atomic E-state index is 12.1. The minimum atomic E-state index is -1.48. The van der Waals surface area contributed by atoms with Crippen molar-refractivity contribution in [3.8, 4) is 11.6 Å². The summed E-state index contributed by atoms with van der Waals surface area (Å²) in [6, 6.07) is 11.0. The van der Waals surface area contributed by atoms with Crippen LogP contribution in [0, 0.1) is 11.6 Å². The van der Waals surface area contributed by atoms with Crippen LogP contribution in [0.1, 0.15) is 5.56 Å². The Morgan fingerprint density at radius 3 is 2.67 bits per heavy atom. The summed E-state index contributed by atoms with van der Waals surface area (Å²) in [6.07, 6.45) is 0. The fourth-order valence-electron chi connectivity index (χ4n) is 1.74. The van der Waals surface area contributed by atoms with Gasteiger partial charge in [-0.1, -0.05) is 37.8 Å². The highest BCUT2D eigenvalue weighted by atomic mass is 28.3. The van der Waals surface area contributed by atoms with E-state index in [0.29, 0.717) is 13.1 Å². The van der Waals surface area contributed by atoms with Crippen LogP contribution in [0.3, 0.4) is 0 Å². The lowest BCUT2D eigenvalue weighted by molar-refractivity contribution is -0.116. The molecule has 2 rings (SSSR count). The summed E-state index contributed by atoms with van der Waals surface area (Å²) >= 11 is 0. The molecule has 1 aromatic carbocycles. The molecule has 1 amide bonds. The Morgan fingerprint density at radius 1 is 1.22 bits per heavy atom. The number of benzene rings is 1. The fraction of sp³-hybridized carbons (Fsp3) is 0.357. The molecule has 0 saturated heterocycles. The Bertz CT molecular complexity index is 523. The molecule has 1 aromatic rings. The summed E-state index contributed by atoms with van der Waals surface area (Å²) in [7, 11) is -1.48. The molecule has 4 heteroatoms. The number of amides is 1. The number of para-hydroxylation sites is 1. The zero-order valence-electron chi connectivity index (χ0n) is 11.1. The van der Waals surface area contributed by atoms with E-state index in [2.05, 4.69) is 36.5 Å². The van der Waals surface area contributed by atoms with Crippen LogP contribution in [0.4, 0.5) is 5.69 Å². The van der Waals surface area contributed by atoms with Crippen molar-refractivity contribution in [3.05, 3.63) is 29.8 Å². The van der Waals surface area contributed by atoms with Crippen LogP contribution in [0.15, 0.2) is 24.3 Å². The first-order valence-electron chi connectivity index (χ1n) is 6.12. The molecular weight excluding hydrogens is 240 g/mol. The summed E-state index contributed by atoms with van der Waals surface area (Å²) in [5, 5.41) is 3.13. The number of hydrogen-bond acceptors (Lipinski definition) is 2. The van der Waals surface area contributed by atoms with Crippen LogP contribution in [-0.2, 0) is 11.3 Å². The molecular formula is C14H18N2OSi. The van der Waals surface area contributed by atoms with Gasteiger partial charge in [0.05, 0.1) is 12.2 Å². The summed E-state index contributed by atoms with van der Waals surface area (Å²) < 4.78 is 0. The first kappa shape index (κ1) is 12.9. The lowest BCUT2D eigenvalue weighted by Crippen LogP contribution is -2.32. The summed E-state index contributed by atoms with van der Waals surface area (Å²) in [5.74, 6) is 0.0192. The molecule has 0 saturated carbocycles. The average Bonchev–Trinajstić information content (AvgIpc) is 2.44. The molecule has 94 valence electrons. The van der Waals surface area contributed by atoms with Crippen LogP contribution >= 0.6 is 0 Å². The van der Waals surface area contributed by atoms with Crippen LogP contribution < -0.4 is 10.2 Å². The Morgan fingerprint density at radius 2 is 1.94 bits per heavy atom. The van der Waals surface area contributed by atoms with E-state index in [1.807, 2.05) is 24.3 Å². The highest BCUT2D eigenvalue weighted by Crippen LogP contribution is 2.21. The standard InChI is InChI=1S/C14H18N2OSi/c1-18(2,3)9-8-16-13-7-5-4-6-12(13)10-15-11-14(16)17/h4-7,15H,10-11H2,1-3H3. The van der Waals surface area contributed by atoms with E-state index < -0.39 is 8.07 Å². The maximum Gasteiger partial charge on any atom is 0.252 e. The van der Waals surface area contributed by atoms with Crippen molar-refractivity contribution >= 4 is 19.7 Å². The zero-order valence-corrected chi connectivity index (χ0v) is 12.1. The van der Waals surface area contributed by atoms with E-state index in [0.717, 1.165) is 11.3 Å². The molecule has 1 aliphatic rings. The van der Waals surface area contributed by atoms with E-state index >= 15 is 0 Å². The molecule has 18 heavy (non-hydrogen) atoms. The molecule has 0 spiro atoms. The first-order valence-corrected chi connectivity index (χ1v) is 9.62. The van der Waals surface area contributed by atoms with Crippen molar-refractivity contribution in [2.75, 3.05) is 11.4 Å². The minimum Gasteiger partial charge on any atom is -0.304 e. The SMILES string of the molecule is C[Si](C)(C)C#CN1C(=O)CNCc2ccccc21. The lowest BCUT2D eigenvalue weighted by atomic mass is 10.1. The third kappa shape index (κ3) is 3.00. The third-order valence-corrected chi connectivity index (χ3v) is 3.48. The van der Waals surface area contributed by atoms with Crippen LogP contribution in [0.25, 0.3) is 0 Å². The fourth-order valence-corrected chi connectivity index (χ4v) is 2.19. The molecule has 0 radical (unpaired) electrons. The monoisotopic (exact) mass is 258 g/mol. The quantitative estimate of drug-likeness (QED) is 0.570. The number of carbonyl (C=O) groups is 1. The topological polar surface area (TPSA) is 32.3 Å². The van der Waals surface area contributed by atoms with Gasteiger partial charge in [-0.15, -0.1) is 5.54 Å². The second-order valence-electron chi connectivity index (χ2n) is 5.45. The van der Waals surface area contributed by atoms with Gasteiger partial charge in [0.1, 0.15) is 8.07 Å². The number of nitrogens with one attached hydrogen (secondary N) is 1. The highest BCUT2D eigenvalue weighted by molar-refractivity contribution is 6.83. The second-order valence-corrected chi connectivity index (χ2v) is 10.2. The Hall–Kier alpha value is -1.57. The van der Waals surface area contributed by atoms with Gasteiger partial charge in [-0.3, -0.25) is 4.79 Å². The van der Waals surface area contributed by atoms with Crippen molar-refractivity contribution in [1.82, 2.24) is 5.32 Å². The molecule has 1 aliphatic heterocycles. The van der Waals surface area contributed by atoms with Gasteiger partial charge in [0.15, 0.2) is 0 Å². The van der Waals surface area contributed by atoms with Gasteiger partial charge in [0.25, 0.3) is 5.91 Å². The number of rotatable bonds is 0. The largest absolute Gasteiger partial charge is 0.304 e. The normalized spacial score (nSPS) is 15.5. The van der Waals surface area contributed by atoms with E-state index in [4.69, 9.17) is 0 Å². The highest BCUT2D eigenvalue weighted by Gasteiger charge is 2.20. The van der Waals surface area contributed by atoms with E-state index in [9.17, 15) is 4.79 Å². The van der Waals surface area contributed by atoms with Crippen molar-refractivity contribution in [1.29, 1.82) is 0 Å². The van der Waals surface area contributed by atoms with Crippen molar-refractivity contribution in [2.24, 2.45) is 0 Å². The molecule has 0 aliphatic carbocycles. The molecule has 0 aromatic heterocycles. The van der Waals surface area contributed by atoms with Gasteiger partial charge in [0, 0.05) is 12.6 Å². The predicted octanol–water partition coefficient (Wildman–Crippen LogP) is 1.96. The van der Waals surface area contributed by atoms with Gasteiger partial charge in [0.2, 0.25) is 0 Å². The van der Waals surface area contributed by atoms with E-state index in [-0.39, 0.29) is 5.91 Å². The maximum atomic E-state index is 12.1. The lowest BCUT2D eigenvalue weighted by Gasteiger charge is -2.16. The summed E-state index contributed by atoms with van der Waals surface area (Å²) in [4.78, 5) is 13.7. The molecule has 1 heterocycles. The van der Waals surface area contributed by atoms with Gasteiger partial charge in [-0.2, -0.15) is 0 Å². The Balaban J connectivity index is 2.42. The number of nitrogens with zero attached hydrogens (tertiary/aromatic N) is 1. The van der Waals surface area contributed by atoms with Crippen LogP contribution in [0.5, 0.6) is 0 Å². The summed E-state index contributed by atoms with van der Waals surface area (Å²) in [5.41, 5.74) is 5.29. The van der Waals surface area contributed by atoms with Gasteiger partial charge < -0.3 is 5.32 Å². The second kappa shape index (κ2) is 4.97. The van der Waals surface area contributed by atoms with Crippen LogP contribution in [0.2, 0.25) is 19.6 Å². The van der Waals surface area contributed by atoms with Gasteiger partial charge in [-0.05, 0) is 11.6 Å². The minimum absolute atomic E-state index is 0.0192. The average molecular weight is 258 g/mol. The number of fused-ring (bicyclic) bond motifs is 1. The van der Waals surface area contributed by atoms with E-state index in [1.54, 1.807) is 4.90 Å². The van der Waals surface area contributed by atoms with Crippen molar-refractivity contribution < 1.29 is 4.79 Å². The number of hydrogen-bond donors (Lipinski definition) is 1. The summed E-state index contributed by atoms with van der Waals surface area (Å²) in [6.45, 7) is 7.58. The molecule has 0 unspecified atom stereocenters. The molecule has 0 fully saturated rings. The van der Waals surface area contributed by atoms with Crippen LogP contribution in [-0.4, -0.2) is 20.5 Å². The van der Waals surface area contributed by atoms with Crippen molar-refractivity contribution in [2.45, 2.75) is 26.2 Å². The van der Waals surface area contributed by atoms with E-state index in [1.165, 1.54) is 0 Å². The molecule has 0 bridgehead atoms. The Kier molecular flexibility index (Phi) is 3.55. The first-order chi connectivity index (χ1) is 8.47. The van der Waals surface area contributed by atoms with Crippen molar-refractivity contribution in [3.63, 3.8) is 0 Å². The molecule has 1 N–H and O–H groups in total.